The maximum Gasteiger partial charge on any atom is 0.234 e. The molecule has 0 saturated heterocycles. The largest absolute Gasteiger partial charge is 0.497 e. The SMILES string of the molecule is COc1ccc(OC)c(NC(=O)CSc2nc3n[nH]c(C)c3c(=N)n2-c2ccccc2Cl)c1. The number of nitrogens with one attached hydrogen (secondary N) is 3. The number of nitrogens with zero attached hydrogens (tertiary/aromatic N) is 3. The van der Waals surface area contributed by atoms with Gasteiger partial charge in [-0.2, -0.15) is 5.10 Å². The van der Waals surface area contributed by atoms with E-state index in [1.807, 2.05) is 19.1 Å². The molecule has 0 saturated carbocycles. The first kappa shape index (κ1) is 22.7. The van der Waals surface area contributed by atoms with Gasteiger partial charge in [0.05, 0.1) is 41.8 Å². The molecule has 170 valence electrons. The summed E-state index contributed by atoms with van der Waals surface area (Å²) in [5, 5.41) is 20.2. The van der Waals surface area contributed by atoms with Crippen LogP contribution in [0, 0.1) is 12.3 Å². The summed E-state index contributed by atoms with van der Waals surface area (Å²) >= 11 is 7.60. The van der Waals surface area contributed by atoms with Crippen molar-refractivity contribution in [1.29, 1.82) is 5.41 Å². The lowest BCUT2D eigenvalue weighted by atomic mass is 10.2. The Hall–Kier alpha value is -3.50. The summed E-state index contributed by atoms with van der Waals surface area (Å²) in [6, 6.07) is 12.3. The molecule has 2 aromatic heterocycles. The molecule has 0 aliphatic carbocycles. The van der Waals surface area contributed by atoms with Crippen LogP contribution >= 0.6 is 23.4 Å². The van der Waals surface area contributed by atoms with E-state index < -0.39 is 0 Å². The lowest BCUT2D eigenvalue weighted by molar-refractivity contribution is -0.113. The number of methoxy groups -OCH3 is 2. The summed E-state index contributed by atoms with van der Waals surface area (Å²) in [5.41, 5.74) is 2.39. The number of rotatable bonds is 7. The van der Waals surface area contributed by atoms with Crippen molar-refractivity contribution >= 4 is 46.0 Å². The fourth-order valence-corrected chi connectivity index (χ4v) is 4.33. The number of carbonyl (C=O) groups excluding carboxylic acids is 1. The standard InChI is InChI=1S/C22H21ClN6O3S/c1-12-19-20(24)29(16-7-5-4-6-14(16)23)22(26-21(19)28-27-12)33-11-18(30)25-15-10-13(31-2)8-9-17(15)32-3/h4-10,24H,11H2,1-3H3,(H,25,30)(H,27,28). The summed E-state index contributed by atoms with van der Waals surface area (Å²) in [7, 11) is 3.08. The molecule has 0 radical (unpaired) electrons. The molecule has 3 N–H and O–H groups in total. The molecule has 0 aliphatic heterocycles. The fourth-order valence-electron chi connectivity index (χ4n) is 3.31. The highest BCUT2D eigenvalue weighted by molar-refractivity contribution is 7.99. The lowest BCUT2D eigenvalue weighted by Gasteiger charge is -2.15. The topological polar surface area (TPSA) is 118 Å². The molecular formula is C22H21ClN6O3S. The summed E-state index contributed by atoms with van der Waals surface area (Å²) < 4.78 is 12.2. The number of ether oxygens (including phenoxy) is 2. The highest BCUT2D eigenvalue weighted by Gasteiger charge is 2.18. The van der Waals surface area contributed by atoms with Crippen LogP contribution < -0.4 is 20.3 Å². The molecular weight excluding hydrogens is 464 g/mol. The number of fused-ring (bicyclic) bond motifs is 1. The highest BCUT2D eigenvalue weighted by Crippen LogP contribution is 2.30. The second-order valence-corrected chi connectivity index (χ2v) is 8.33. The van der Waals surface area contributed by atoms with E-state index >= 15 is 0 Å². The third-order valence-electron chi connectivity index (χ3n) is 4.89. The van der Waals surface area contributed by atoms with E-state index in [0.29, 0.717) is 44.1 Å². The molecule has 33 heavy (non-hydrogen) atoms. The maximum atomic E-state index is 12.8. The molecule has 0 spiro atoms. The molecule has 1 amide bonds. The zero-order valence-electron chi connectivity index (χ0n) is 18.1. The summed E-state index contributed by atoms with van der Waals surface area (Å²) in [4.78, 5) is 17.4. The van der Waals surface area contributed by atoms with Gasteiger partial charge in [-0.25, -0.2) is 4.98 Å². The molecule has 11 heteroatoms. The molecule has 0 aliphatic rings. The Bertz CT molecular complexity index is 1400. The Balaban J connectivity index is 1.67. The van der Waals surface area contributed by atoms with E-state index in [1.54, 1.807) is 42.0 Å². The Morgan fingerprint density at radius 1 is 1.24 bits per heavy atom. The number of para-hydroxylation sites is 1. The summed E-state index contributed by atoms with van der Waals surface area (Å²) in [6.45, 7) is 1.83. The van der Waals surface area contributed by atoms with Crippen LogP contribution in [0.2, 0.25) is 5.02 Å². The van der Waals surface area contributed by atoms with Crippen molar-refractivity contribution < 1.29 is 14.3 Å². The minimum absolute atomic E-state index is 0.0339. The van der Waals surface area contributed by atoms with Crippen LogP contribution in [0.1, 0.15) is 5.69 Å². The number of H-pyrrole nitrogens is 1. The van der Waals surface area contributed by atoms with Crippen LogP contribution in [-0.2, 0) is 4.79 Å². The number of hydrogen-bond acceptors (Lipinski definition) is 7. The van der Waals surface area contributed by atoms with Gasteiger partial charge in [0.1, 0.15) is 17.0 Å². The van der Waals surface area contributed by atoms with E-state index in [-0.39, 0.29) is 17.1 Å². The van der Waals surface area contributed by atoms with Crippen LogP contribution in [0.5, 0.6) is 11.5 Å². The van der Waals surface area contributed by atoms with Gasteiger partial charge < -0.3 is 14.8 Å². The van der Waals surface area contributed by atoms with Crippen molar-refractivity contribution in [3.05, 3.63) is 58.7 Å². The summed E-state index contributed by atoms with van der Waals surface area (Å²) in [6.07, 6.45) is 0. The molecule has 0 fully saturated rings. The van der Waals surface area contributed by atoms with Gasteiger partial charge in [-0.05, 0) is 31.2 Å². The van der Waals surface area contributed by atoms with Gasteiger partial charge in [-0.1, -0.05) is 35.5 Å². The Kier molecular flexibility index (Phi) is 6.57. The zero-order chi connectivity index (χ0) is 23.5. The molecule has 0 bridgehead atoms. The number of halogens is 1. The number of thioether (sulfide) groups is 1. The maximum absolute atomic E-state index is 12.8. The minimum atomic E-state index is -0.274. The minimum Gasteiger partial charge on any atom is -0.497 e. The molecule has 9 nitrogen and oxygen atoms in total. The van der Waals surface area contributed by atoms with E-state index in [9.17, 15) is 4.79 Å². The van der Waals surface area contributed by atoms with E-state index in [0.717, 1.165) is 5.69 Å². The van der Waals surface area contributed by atoms with Crippen LogP contribution in [0.15, 0.2) is 47.6 Å². The van der Waals surface area contributed by atoms with Gasteiger partial charge in [0, 0.05) is 11.8 Å². The Labute approximate surface area is 198 Å². The van der Waals surface area contributed by atoms with Crippen molar-refractivity contribution in [3.63, 3.8) is 0 Å². The normalized spacial score (nSPS) is 10.9. The first-order valence-corrected chi connectivity index (χ1v) is 11.2. The lowest BCUT2D eigenvalue weighted by Crippen LogP contribution is -2.23. The third-order valence-corrected chi connectivity index (χ3v) is 6.15. The number of benzene rings is 2. The molecule has 0 atom stereocenters. The molecule has 4 aromatic rings. The van der Waals surface area contributed by atoms with Gasteiger partial charge in [-0.3, -0.25) is 19.9 Å². The first-order chi connectivity index (χ1) is 15.9. The Morgan fingerprint density at radius 3 is 2.76 bits per heavy atom. The van der Waals surface area contributed by atoms with Crippen molar-refractivity contribution in [2.45, 2.75) is 12.1 Å². The number of hydrogen-bond donors (Lipinski definition) is 3. The van der Waals surface area contributed by atoms with Gasteiger partial charge in [-0.15, -0.1) is 0 Å². The second-order valence-electron chi connectivity index (χ2n) is 6.98. The fraction of sp³-hybridized carbons (Fsp3) is 0.182. The van der Waals surface area contributed by atoms with Crippen LogP contribution in [0.25, 0.3) is 16.7 Å². The monoisotopic (exact) mass is 484 g/mol. The predicted octanol–water partition coefficient (Wildman–Crippen LogP) is 3.94. The average Bonchev–Trinajstić information content (AvgIpc) is 3.19. The van der Waals surface area contributed by atoms with Crippen LogP contribution in [-0.4, -0.2) is 45.6 Å². The van der Waals surface area contributed by atoms with Gasteiger partial charge in [0.25, 0.3) is 0 Å². The molecule has 4 rings (SSSR count). The number of aryl methyl sites for hydroxylation is 1. The van der Waals surface area contributed by atoms with E-state index in [4.69, 9.17) is 26.5 Å². The summed E-state index contributed by atoms with van der Waals surface area (Å²) in [5.74, 6) is 0.867. The number of carbonyl (C=O) groups is 1. The second kappa shape index (κ2) is 9.55. The Morgan fingerprint density at radius 2 is 2.03 bits per heavy atom. The van der Waals surface area contributed by atoms with Crippen LogP contribution in [0.4, 0.5) is 5.69 Å². The highest BCUT2D eigenvalue weighted by atomic mass is 35.5. The predicted molar refractivity (Wildman–Crippen MR) is 128 cm³/mol. The van der Waals surface area contributed by atoms with Crippen LogP contribution in [0.3, 0.4) is 0 Å². The van der Waals surface area contributed by atoms with Crippen molar-refractivity contribution in [2.75, 3.05) is 25.3 Å². The van der Waals surface area contributed by atoms with Gasteiger partial charge in [0.15, 0.2) is 10.8 Å². The average molecular weight is 485 g/mol. The molecule has 2 aromatic carbocycles. The van der Waals surface area contributed by atoms with Gasteiger partial charge in [0.2, 0.25) is 5.91 Å². The van der Waals surface area contributed by atoms with E-state index in [2.05, 4.69) is 20.5 Å². The number of anilines is 1. The zero-order valence-corrected chi connectivity index (χ0v) is 19.7. The number of amides is 1. The van der Waals surface area contributed by atoms with Gasteiger partial charge >= 0.3 is 0 Å². The quantitative estimate of drug-likeness (QED) is 0.270. The molecule has 2 heterocycles. The first-order valence-electron chi connectivity index (χ1n) is 9.84. The third kappa shape index (κ3) is 4.53. The van der Waals surface area contributed by atoms with Crippen molar-refractivity contribution in [1.82, 2.24) is 19.7 Å². The molecule has 0 unspecified atom stereocenters. The number of aromatic amines is 1. The van der Waals surface area contributed by atoms with Crippen molar-refractivity contribution in [2.24, 2.45) is 0 Å². The van der Waals surface area contributed by atoms with E-state index in [1.165, 1.54) is 18.9 Å². The number of aromatic nitrogens is 4. The van der Waals surface area contributed by atoms with Crippen molar-refractivity contribution in [3.8, 4) is 17.2 Å². The smallest absolute Gasteiger partial charge is 0.234 e.